The molecule has 1 aliphatic heterocycles. The second-order valence-electron chi connectivity index (χ2n) is 5.55. The number of hydrogen-bond acceptors (Lipinski definition) is 2. The van der Waals surface area contributed by atoms with Crippen LogP contribution in [0, 0.1) is 0 Å². The maximum absolute atomic E-state index is 5.79. The Morgan fingerprint density at radius 1 is 1.05 bits per heavy atom. The van der Waals surface area contributed by atoms with E-state index in [1.165, 1.54) is 41.8 Å². The van der Waals surface area contributed by atoms with E-state index in [1.54, 1.807) is 0 Å². The van der Waals surface area contributed by atoms with Crippen LogP contribution in [0.15, 0.2) is 46.9 Å². The largest absolute Gasteiger partial charge is 0.341 e. The third kappa shape index (κ3) is 3.14. The minimum absolute atomic E-state index is 0.685. The van der Waals surface area contributed by atoms with Crippen LogP contribution in [0.3, 0.4) is 0 Å². The van der Waals surface area contributed by atoms with Crippen molar-refractivity contribution in [1.29, 1.82) is 0 Å². The first-order chi connectivity index (χ1) is 10.3. The fraction of sp³-hybridized carbons (Fsp3) is 0.333. The number of para-hydroxylation sites is 1. The molecule has 0 radical (unpaired) electrons. The second-order valence-corrected chi connectivity index (χ2v) is 6.46. The van der Waals surface area contributed by atoms with Gasteiger partial charge >= 0.3 is 0 Å². The first-order valence-electron chi connectivity index (χ1n) is 7.63. The predicted molar refractivity (Wildman–Crippen MR) is 93.3 cm³/mol. The molecular formula is C18H21BrN2. The van der Waals surface area contributed by atoms with E-state index in [9.17, 15) is 0 Å². The van der Waals surface area contributed by atoms with E-state index in [0.29, 0.717) is 6.54 Å². The number of hydrogen-bond donors (Lipinski definition) is 1. The van der Waals surface area contributed by atoms with Gasteiger partial charge in [0.1, 0.15) is 0 Å². The van der Waals surface area contributed by atoms with Crippen LogP contribution < -0.4 is 10.6 Å². The Bertz CT molecular complexity index is 624. The third-order valence-electron chi connectivity index (χ3n) is 4.11. The second kappa shape index (κ2) is 6.63. The number of nitrogens with two attached hydrogens (primary N) is 1. The number of anilines is 2. The molecular weight excluding hydrogens is 324 g/mol. The summed E-state index contributed by atoms with van der Waals surface area (Å²) >= 11 is 3.62. The monoisotopic (exact) mass is 344 g/mol. The van der Waals surface area contributed by atoms with Gasteiger partial charge in [0.25, 0.3) is 0 Å². The number of fused-ring (bicyclic) bond motifs is 1. The Morgan fingerprint density at radius 2 is 1.90 bits per heavy atom. The van der Waals surface area contributed by atoms with Crippen LogP contribution in [-0.2, 0) is 12.8 Å². The van der Waals surface area contributed by atoms with Gasteiger partial charge in [-0.3, -0.25) is 0 Å². The zero-order chi connectivity index (χ0) is 14.7. The summed E-state index contributed by atoms with van der Waals surface area (Å²) in [7, 11) is 0. The molecule has 21 heavy (non-hydrogen) atoms. The molecule has 0 saturated heterocycles. The number of rotatable bonds is 3. The molecule has 0 aliphatic carbocycles. The molecule has 0 fully saturated rings. The summed E-state index contributed by atoms with van der Waals surface area (Å²) < 4.78 is 1.12. The molecule has 0 atom stereocenters. The molecule has 0 unspecified atom stereocenters. The third-order valence-corrected chi connectivity index (χ3v) is 4.61. The van der Waals surface area contributed by atoms with Gasteiger partial charge in [-0.1, -0.05) is 40.2 Å². The van der Waals surface area contributed by atoms with Crippen LogP contribution in [-0.4, -0.2) is 13.1 Å². The molecule has 2 aromatic rings. The maximum Gasteiger partial charge on any atom is 0.0455 e. The highest BCUT2D eigenvalue weighted by Gasteiger charge is 2.18. The van der Waals surface area contributed by atoms with Gasteiger partial charge in [0.05, 0.1) is 0 Å². The highest BCUT2D eigenvalue weighted by atomic mass is 79.9. The van der Waals surface area contributed by atoms with E-state index in [1.807, 2.05) is 0 Å². The van der Waals surface area contributed by atoms with Gasteiger partial charge < -0.3 is 10.6 Å². The Kier molecular flexibility index (Phi) is 4.61. The van der Waals surface area contributed by atoms with Crippen LogP contribution in [0.2, 0.25) is 0 Å². The van der Waals surface area contributed by atoms with Crippen molar-refractivity contribution < 1.29 is 0 Å². The Balaban J connectivity index is 2.09. The normalized spacial score (nSPS) is 14.7. The quantitative estimate of drug-likeness (QED) is 0.892. The van der Waals surface area contributed by atoms with E-state index in [2.05, 4.69) is 63.3 Å². The van der Waals surface area contributed by atoms with Crippen molar-refractivity contribution in [1.82, 2.24) is 0 Å². The molecule has 0 spiro atoms. The van der Waals surface area contributed by atoms with Crippen molar-refractivity contribution >= 4 is 27.3 Å². The molecule has 110 valence electrons. The van der Waals surface area contributed by atoms with Crippen LogP contribution in [0.25, 0.3) is 0 Å². The van der Waals surface area contributed by atoms with Crippen LogP contribution in [0.4, 0.5) is 11.4 Å². The molecule has 3 heteroatoms. The summed E-state index contributed by atoms with van der Waals surface area (Å²) in [5.74, 6) is 0. The van der Waals surface area contributed by atoms with Gasteiger partial charge in [-0.25, -0.2) is 0 Å². The molecule has 0 amide bonds. The van der Waals surface area contributed by atoms with E-state index in [4.69, 9.17) is 5.73 Å². The minimum atomic E-state index is 0.685. The van der Waals surface area contributed by atoms with Crippen molar-refractivity contribution in [3.63, 3.8) is 0 Å². The molecule has 1 heterocycles. The number of halogens is 1. The van der Waals surface area contributed by atoms with E-state index in [-0.39, 0.29) is 0 Å². The van der Waals surface area contributed by atoms with E-state index in [0.717, 1.165) is 17.4 Å². The summed E-state index contributed by atoms with van der Waals surface area (Å²) in [5, 5.41) is 0. The summed E-state index contributed by atoms with van der Waals surface area (Å²) in [6.45, 7) is 1.76. The zero-order valence-electron chi connectivity index (χ0n) is 12.2. The van der Waals surface area contributed by atoms with Crippen molar-refractivity contribution in [2.24, 2.45) is 5.73 Å². The number of aryl methyl sites for hydroxylation is 1. The highest BCUT2D eigenvalue weighted by molar-refractivity contribution is 9.10. The minimum Gasteiger partial charge on any atom is -0.341 e. The average Bonchev–Trinajstić information content (AvgIpc) is 2.72. The number of benzene rings is 2. The van der Waals surface area contributed by atoms with Crippen LogP contribution in [0.1, 0.15) is 24.0 Å². The molecule has 3 rings (SSSR count). The fourth-order valence-electron chi connectivity index (χ4n) is 3.10. The molecule has 2 N–H and O–H groups in total. The van der Waals surface area contributed by atoms with Crippen molar-refractivity contribution in [2.75, 3.05) is 18.0 Å². The Hall–Kier alpha value is -1.32. The lowest BCUT2D eigenvalue weighted by Crippen LogP contribution is -2.20. The van der Waals surface area contributed by atoms with E-state index < -0.39 is 0 Å². The lowest BCUT2D eigenvalue weighted by atomic mass is 10.1. The van der Waals surface area contributed by atoms with Crippen molar-refractivity contribution in [2.45, 2.75) is 25.7 Å². The fourth-order valence-corrected chi connectivity index (χ4v) is 3.45. The summed E-state index contributed by atoms with van der Waals surface area (Å²) in [6, 6.07) is 15.3. The molecule has 0 aromatic heterocycles. The summed E-state index contributed by atoms with van der Waals surface area (Å²) in [4.78, 5) is 2.47. The molecule has 2 nitrogen and oxygen atoms in total. The SMILES string of the molecule is NCCc1ccc(Br)cc1N1CCCCc2ccccc21. The Morgan fingerprint density at radius 3 is 2.76 bits per heavy atom. The average molecular weight is 345 g/mol. The number of nitrogens with zero attached hydrogens (tertiary/aromatic N) is 1. The highest BCUT2D eigenvalue weighted by Crippen LogP contribution is 2.36. The molecule has 0 bridgehead atoms. The first-order valence-corrected chi connectivity index (χ1v) is 8.43. The maximum atomic E-state index is 5.79. The van der Waals surface area contributed by atoms with Gasteiger partial charge in [-0.15, -0.1) is 0 Å². The predicted octanol–water partition coefficient (Wildman–Crippen LogP) is 4.42. The molecule has 1 aliphatic rings. The molecule has 0 saturated carbocycles. The van der Waals surface area contributed by atoms with Crippen molar-refractivity contribution in [3.8, 4) is 0 Å². The Labute approximate surface area is 135 Å². The van der Waals surface area contributed by atoms with Gasteiger partial charge in [-0.2, -0.15) is 0 Å². The van der Waals surface area contributed by atoms with Crippen molar-refractivity contribution in [3.05, 3.63) is 58.1 Å². The van der Waals surface area contributed by atoms with Gasteiger partial charge in [0.2, 0.25) is 0 Å². The summed E-state index contributed by atoms with van der Waals surface area (Å²) in [5.41, 5.74) is 11.2. The van der Waals surface area contributed by atoms with E-state index >= 15 is 0 Å². The topological polar surface area (TPSA) is 29.3 Å². The van der Waals surface area contributed by atoms with Crippen LogP contribution in [0.5, 0.6) is 0 Å². The van der Waals surface area contributed by atoms with Gasteiger partial charge in [0.15, 0.2) is 0 Å². The lowest BCUT2D eigenvalue weighted by molar-refractivity contribution is 0.759. The summed E-state index contributed by atoms with van der Waals surface area (Å²) in [6.07, 6.45) is 4.57. The van der Waals surface area contributed by atoms with Gasteiger partial charge in [0, 0.05) is 22.4 Å². The first kappa shape index (κ1) is 14.6. The zero-order valence-corrected chi connectivity index (χ0v) is 13.8. The standard InChI is InChI=1S/C18H21BrN2/c19-16-9-8-15(10-11-20)18(13-16)21-12-4-3-6-14-5-1-2-7-17(14)21/h1-2,5,7-9,13H,3-4,6,10-12,20H2. The van der Waals surface area contributed by atoms with Crippen LogP contribution >= 0.6 is 15.9 Å². The van der Waals surface area contributed by atoms with Gasteiger partial charge in [-0.05, 0) is 61.6 Å². The molecule has 2 aromatic carbocycles. The lowest BCUT2D eigenvalue weighted by Gasteiger charge is -2.27. The smallest absolute Gasteiger partial charge is 0.0455 e.